The van der Waals surface area contributed by atoms with Crippen LogP contribution in [0.2, 0.25) is 0 Å². The van der Waals surface area contributed by atoms with Gasteiger partial charge in [0, 0.05) is 45.8 Å². The predicted octanol–water partition coefficient (Wildman–Crippen LogP) is 3.10. The Balaban J connectivity index is 0.00000242. The highest BCUT2D eigenvalue weighted by Gasteiger charge is 2.25. The van der Waals surface area contributed by atoms with Crippen LogP contribution in [0.4, 0.5) is 0 Å². The molecule has 124 valence electrons. The fourth-order valence-electron chi connectivity index (χ4n) is 2.80. The van der Waals surface area contributed by atoms with Gasteiger partial charge in [-0.3, -0.25) is 4.99 Å². The fraction of sp³-hybridized carbons (Fsp3) is 0.588. The summed E-state index contributed by atoms with van der Waals surface area (Å²) in [6, 6.07) is 10.8. The summed E-state index contributed by atoms with van der Waals surface area (Å²) in [5.74, 6) is 1.64. The van der Waals surface area contributed by atoms with E-state index >= 15 is 0 Å². The van der Waals surface area contributed by atoms with Gasteiger partial charge in [0.2, 0.25) is 0 Å². The number of halogens is 1. The summed E-state index contributed by atoms with van der Waals surface area (Å²) in [5, 5.41) is 3.44. The molecule has 0 radical (unpaired) electrons. The van der Waals surface area contributed by atoms with Gasteiger partial charge in [0.1, 0.15) is 0 Å². The van der Waals surface area contributed by atoms with Gasteiger partial charge in [0.15, 0.2) is 5.96 Å². The monoisotopic (exact) mass is 417 g/mol. The van der Waals surface area contributed by atoms with Crippen LogP contribution < -0.4 is 5.32 Å². The van der Waals surface area contributed by atoms with Gasteiger partial charge in [-0.25, -0.2) is 0 Å². The minimum absolute atomic E-state index is 0. The summed E-state index contributed by atoms with van der Waals surface area (Å²) in [6.07, 6.45) is 2.21. The average Bonchev–Trinajstić information content (AvgIpc) is 3.01. The van der Waals surface area contributed by atoms with E-state index in [1.54, 1.807) is 0 Å². The van der Waals surface area contributed by atoms with Gasteiger partial charge in [-0.15, -0.1) is 24.0 Å². The second kappa shape index (κ2) is 10.8. The van der Waals surface area contributed by atoms with Crippen molar-refractivity contribution in [2.24, 2.45) is 4.99 Å². The van der Waals surface area contributed by atoms with Crippen molar-refractivity contribution in [1.82, 2.24) is 10.2 Å². The lowest BCUT2D eigenvalue weighted by Crippen LogP contribution is -2.40. The van der Waals surface area contributed by atoms with E-state index in [-0.39, 0.29) is 24.0 Å². The van der Waals surface area contributed by atoms with Crippen molar-refractivity contribution in [3.63, 3.8) is 0 Å². The molecule has 1 N–H and O–H groups in total. The number of rotatable bonds is 6. The third-order valence-corrected chi connectivity index (χ3v) is 3.92. The van der Waals surface area contributed by atoms with E-state index in [4.69, 9.17) is 4.74 Å². The Bertz CT molecular complexity index is 439. The molecule has 5 heteroatoms. The van der Waals surface area contributed by atoms with E-state index < -0.39 is 0 Å². The van der Waals surface area contributed by atoms with Crippen LogP contribution >= 0.6 is 24.0 Å². The van der Waals surface area contributed by atoms with Gasteiger partial charge >= 0.3 is 0 Å². The zero-order chi connectivity index (χ0) is 14.9. The summed E-state index contributed by atoms with van der Waals surface area (Å²) in [7, 11) is 1.86. The highest BCUT2D eigenvalue weighted by atomic mass is 127. The van der Waals surface area contributed by atoms with Crippen LogP contribution in [0.1, 0.15) is 31.2 Å². The maximum atomic E-state index is 5.36. The molecule has 0 aromatic heterocycles. The van der Waals surface area contributed by atoms with Gasteiger partial charge in [-0.1, -0.05) is 30.3 Å². The normalized spacial score (nSPS) is 18.2. The first-order valence-corrected chi connectivity index (χ1v) is 7.93. The number of benzene rings is 1. The first-order valence-electron chi connectivity index (χ1n) is 7.93. The highest BCUT2D eigenvalue weighted by molar-refractivity contribution is 14.0. The Kier molecular flexibility index (Phi) is 9.47. The van der Waals surface area contributed by atoms with Crippen LogP contribution in [0.25, 0.3) is 0 Å². The first-order chi connectivity index (χ1) is 10.3. The molecule has 0 spiro atoms. The Morgan fingerprint density at radius 3 is 2.82 bits per heavy atom. The highest BCUT2D eigenvalue weighted by Crippen LogP contribution is 2.26. The Morgan fingerprint density at radius 2 is 2.14 bits per heavy atom. The molecule has 1 aliphatic heterocycles. The second-order valence-corrected chi connectivity index (χ2v) is 5.37. The standard InChI is InChI=1S/C17H27N3O.HI/c1-3-21-13-7-11-19-17(18-2)20-12-10-16(14-20)15-8-5-4-6-9-15;/h4-6,8-9,16H,3,7,10-14H2,1-2H3,(H,18,19);1H. The molecule has 22 heavy (non-hydrogen) atoms. The van der Waals surface area contributed by atoms with E-state index in [0.29, 0.717) is 5.92 Å². The number of likely N-dealkylation sites (tertiary alicyclic amines) is 1. The van der Waals surface area contributed by atoms with E-state index in [1.165, 1.54) is 12.0 Å². The van der Waals surface area contributed by atoms with Crippen molar-refractivity contribution in [2.45, 2.75) is 25.7 Å². The van der Waals surface area contributed by atoms with Crippen molar-refractivity contribution < 1.29 is 4.74 Å². The van der Waals surface area contributed by atoms with Gasteiger partial charge in [-0.05, 0) is 25.3 Å². The smallest absolute Gasteiger partial charge is 0.193 e. The maximum Gasteiger partial charge on any atom is 0.193 e. The predicted molar refractivity (Wildman–Crippen MR) is 103 cm³/mol. The second-order valence-electron chi connectivity index (χ2n) is 5.37. The SMILES string of the molecule is CCOCCCNC(=NC)N1CCC(c2ccccc2)C1.I. The van der Waals surface area contributed by atoms with Crippen LogP contribution in [0.5, 0.6) is 0 Å². The third-order valence-electron chi connectivity index (χ3n) is 3.92. The zero-order valence-electron chi connectivity index (χ0n) is 13.6. The number of hydrogen-bond donors (Lipinski definition) is 1. The van der Waals surface area contributed by atoms with Gasteiger partial charge in [0.25, 0.3) is 0 Å². The van der Waals surface area contributed by atoms with Crippen LogP contribution in [-0.4, -0.2) is 50.8 Å². The van der Waals surface area contributed by atoms with Crippen molar-refractivity contribution in [3.05, 3.63) is 35.9 Å². The fourth-order valence-corrected chi connectivity index (χ4v) is 2.80. The molecular weight excluding hydrogens is 389 g/mol. The minimum atomic E-state index is 0. The van der Waals surface area contributed by atoms with Gasteiger partial charge < -0.3 is 15.0 Å². The lowest BCUT2D eigenvalue weighted by Gasteiger charge is -2.21. The lowest BCUT2D eigenvalue weighted by atomic mass is 9.99. The molecule has 1 fully saturated rings. The number of aliphatic imine (C=N–C) groups is 1. The molecule has 1 saturated heterocycles. The number of nitrogens with one attached hydrogen (secondary N) is 1. The Morgan fingerprint density at radius 1 is 1.36 bits per heavy atom. The number of guanidine groups is 1. The molecular formula is C17H28IN3O. The molecule has 4 nitrogen and oxygen atoms in total. The Labute approximate surface area is 151 Å². The molecule has 0 saturated carbocycles. The van der Waals surface area contributed by atoms with Crippen LogP contribution in [0, 0.1) is 0 Å². The summed E-state index contributed by atoms with van der Waals surface area (Å²) in [5.41, 5.74) is 1.44. The molecule has 0 amide bonds. The van der Waals surface area contributed by atoms with Crippen LogP contribution in [0.15, 0.2) is 35.3 Å². The molecule has 1 aromatic carbocycles. The van der Waals surface area contributed by atoms with E-state index in [9.17, 15) is 0 Å². The van der Waals surface area contributed by atoms with Gasteiger partial charge in [0.05, 0.1) is 0 Å². The quantitative estimate of drug-likeness (QED) is 0.335. The largest absolute Gasteiger partial charge is 0.382 e. The topological polar surface area (TPSA) is 36.9 Å². The molecule has 0 bridgehead atoms. The zero-order valence-corrected chi connectivity index (χ0v) is 16.0. The lowest BCUT2D eigenvalue weighted by molar-refractivity contribution is 0.145. The molecule has 2 rings (SSSR count). The maximum absolute atomic E-state index is 5.36. The summed E-state index contributed by atoms with van der Waals surface area (Å²) >= 11 is 0. The summed E-state index contributed by atoms with van der Waals surface area (Å²) in [4.78, 5) is 6.77. The average molecular weight is 417 g/mol. The van der Waals surface area contributed by atoms with E-state index in [2.05, 4.69) is 45.5 Å². The molecule has 1 aliphatic rings. The molecule has 1 heterocycles. The van der Waals surface area contributed by atoms with Crippen molar-refractivity contribution in [2.75, 3.05) is 39.9 Å². The number of ether oxygens (including phenoxy) is 1. The van der Waals surface area contributed by atoms with Gasteiger partial charge in [-0.2, -0.15) is 0 Å². The van der Waals surface area contributed by atoms with Crippen molar-refractivity contribution in [3.8, 4) is 0 Å². The van der Waals surface area contributed by atoms with Crippen LogP contribution in [0.3, 0.4) is 0 Å². The van der Waals surface area contributed by atoms with E-state index in [1.807, 2.05) is 14.0 Å². The number of hydrogen-bond acceptors (Lipinski definition) is 2. The van der Waals surface area contributed by atoms with Crippen molar-refractivity contribution in [1.29, 1.82) is 0 Å². The Hall–Kier alpha value is -0.820. The number of nitrogens with zero attached hydrogens (tertiary/aromatic N) is 2. The minimum Gasteiger partial charge on any atom is -0.382 e. The first kappa shape index (κ1) is 19.2. The molecule has 1 atom stereocenters. The summed E-state index contributed by atoms with van der Waals surface area (Å²) in [6.45, 7) is 6.67. The van der Waals surface area contributed by atoms with Crippen LogP contribution in [-0.2, 0) is 4.74 Å². The molecule has 1 unspecified atom stereocenters. The summed E-state index contributed by atoms with van der Waals surface area (Å²) < 4.78 is 5.36. The molecule has 0 aliphatic carbocycles. The van der Waals surface area contributed by atoms with E-state index in [0.717, 1.165) is 45.2 Å². The molecule has 1 aromatic rings. The van der Waals surface area contributed by atoms with Crippen molar-refractivity contribution >= 4 is 29.9 Å². The third kappa shape index (κ3) is 5.76.